The normalized spacial score (nSPS) is 16.5. The average Bonchev–Trinajstić information content (AvgIpc) is 2.63. The molecule has 1 N–H and O–H groups in total. The summed E-state index contributed by atoms with van der Waals surface area (Å²) in [5.74, 6) is 1.12. The van der Waals surface area contributed by atoms with Crippen molar-refractivity contribution in [3.63, 3.8) is 0 Å². The molecule has 1 aliphatic rings. The fraction of sp³-hybridized carbons (Fsp3) is 0.400. The lowest BCUT2D eigenvalue weighted by atomic mass is 10.0. The Bertz CT molecular complexity index is 312. The van der Waals surface area contributed by atoms with Crippen LogP contribution in [0.2, 0.25) is 0 Å². The number of ether oxygens (including phenoxy) is 1. The van der Waals surface area contributed by atoms with E-state index in [0.717, 1.165) is 23.3 Å². The molecule has 0 saturated carbocycles. The first-order chi connectivity index (χ1) is 6.33. The predicted octanol–water partition coefficient (Wildman–Crippen LogP) is 1.89. The molecule has 0 saturated heterocycles. The summed E-state index contributed by atoms with van der Waals surface area (Å²) in [5, 5.41) is 9.61. The Balaban J connectivity index is 2.41. The molecule has 70 valence electrons. The molecular weight excluding hydrogens is 188 g/mol. The molecule has 0 aromatic heterocycles. The molecule has 3 heteroatoms. The van der Waals surface area contributed by atoms with Gasteiger partial charge in [0.05, 0.1) is 18.6 Å². The minimum atomic E-state index is -0.571. The van der Waals surface area contributed by atoms with Crippen LogP contribution in [0.3, 0.4) is 0 Å². The molecule has 0 radical (unpaired) electrons. The summed E-state index contributed by atoms with van der Waals surface area (Å²) in [5.41, 5.74) is 2.01. The van der Waals surface area contributed by atoms with Crippen LogP contribution in [0.25, 0.3) is 0 Å². The molecule has 2 rings (SSSR count). The second-order valence-electron chi connectivity index (χ2n) is 3.09. The van der Waals surface area contributed by atoms with E-state index in [9.17, 15) is 5.11 Å². The van der Waals surface area contributed by atoms with Crippen molar-refractivity contribution in [2.45, 2.75) is 12.5 Å². The monoisotopic (exact) mass is 198 g/mol. The van der Waals surface area contributed by atoms with Crippen molar-refractivity contribution in [3.8, 4) is 5.75 Å². The van der Waals surface area contributed by atoms with Crippen LogP contribution in [-0.4, -0.2) is 17.6 Å². The quantitative estimate of drug-likeness (QED) is 0.736. The fourth-order valence-electron chi connectivity index (χ4n) is 1.64. The van der Waals surface area contributed by atoms with Crippen LogP contribution in [0.5, 0.6) is 5.75 Å². The third-order valence-electron chi connectivity index (χ3n) is 2.28. The average molecular weight is 199 g/mol. The van der Waals surface area contributed by atoms with Crippen molar-refractivity contribution in [2.24, 2.45) is 0 Å². The van der Waals surface area contributed by atoms with Gasteiger partial charge in [-0.05, 0) is 11.6 Å². The number of aliphatic hydroxyl groups is 1. The largest absolute Gasteiger partial charge is 0.493 e. The van der Waals surface area contributed by atoms with Gasteiger partial charge in [0.15, 0.2) is 0 Å². The molecule has 0 spiro atoms. The molecule has 1 heterocycles. The van der Waals surface area contributed by atoms with E-state index >= 15 is 0 Å². The van der Waals surface area contributed by atoms with Gasteiger partial charge < -0.3 is 9.84 Å². The van der Waals surface area contributed by atoms with E-state index in [-0.39, 0.29) is 5.88 Å². The molecule has 1 aliphatic heterocycles. The number of alkyl halides is 1. The Morgan fingerprint density at radius 2 is 2.38 bits per heavy atom. The third-order valence-corrected chi connectivity index (χ3v) is 2.58. The Labute approximate surface area is 82.1 Å². The van der Waals surface area contributed by atoms with Crippen LogP contribution in [0.15, 0.2) is 18.2 Å². The molecule has 13 heavy (non-hydrogen) atoms. The van der Waals surface area contributed by atoms with Crippen molar-refractivity contribution < 1.29 is 9.84 Å². The predicted molar refractivity (Wildman–Crippen MR) is 51.3 cm³/mol. The van der Waals surface area contributed by atoms with Gasteiger partial charge in [-0.1, -0.05) is 12.1 Å². The Morgan fingerprint density at radius 1 is 1.54 bits per heavy atom. The van der Waals surface area contributed by atoms with Crippen LogP contribution >= 0.6 is 11.6 Å². The van der Waals surface area contributed by atoms with Gasteiger partial charge in [-0.25, -0.2) is 0 Å². The zero-order valence-corrected chi connectivity index (χ0v) is 7.92. The van der Waals surface area contributed by atoms with Crippen LogP contribution in [0, 0.1) is 0 Å². The first-order valence-electron chi connectivity index (χ1n) is 4.31. The van der Waals surface area contributed by atoms with Crippen LogP contribution in [0.1, 0.15) is 17.2 Å². The second kappa shape index (κ2) is 3.56. The van der Waals surface area contributed by atoms with Crippen molar-refractivity contribution in [2.75, 3.05) is 12.5 Å². The molecule has 0 unspecified atom stereocenters. The molecule has 1 aromatic rings. The molecule has 0 amide bonds. The van der Waals surface area contributed by atoms with Crippen LogP contribution in [0.4, 0.5) is 0 Å². The van der Waals surface area contributed by atoms with Crippen molar-refractivity contribution in [3.05, 3.63) is 29.3 Å². The SMILES string of the molecule is O[C@H](CCl)c1cccc2c1CCO2. The van der Waals surface area contributed by atoms with Gasteiger partial charge in [0.2, 0.25) is 0 Å². The smallest absolute Gasteiger partial charge is 0.122 e. The molecule has 0 fully saturated rings. The second-order valence-corrected chi connectivity index (χ2v) is 3.40. The minimum absolute atomic E-state index is 0.233. The van der Waals surface area contributed by atoms with E-state index < -0.39 is 6.10 Å². The lowest BCUT2D eigenvalue weighted by Gasteiger charge is -2.10. The van der Waals surface area contributed by atoms with E-state index in [1.165, 1.54) is 0 Å². The molecule has 1 atom stereocenters. The fourth-order valence-corrected chi connectivity index (χ4v) is 1.81. The zero-order chi connectivity index (χ0) is 9.26. The molecule has 0 aliphatic carbocycles. The van der Waals surface area contributed by atoms with E-state index in [2.05, 4.69) is 0 Å². The van der Waals surface area contributed by atoms with Gasteiger partial charge in [0, 0.05) is 12.0 Å². The maximum absolute atomic E-state index is 9.61. The first-order valence-corrected chi connectivity index (χ1v) is 4.85. The minimum Gasteiger partial charge on any atom is -0.493 e. The Kier molecular flexibility index (Phi) is 2.42. The maximum Gasteiger partial charge on any atom is 0.122 e. The maximum atomic E-state index is 9.61. The van der Waals surface area contributed by atoms with E-state index in [0.29, 0.717) is 6.61 Å². The first kappa shape index (κ1) is 8.85. The topological polar surface area (TPSA) is 29.5 Å². The van der Waals surface area contributed by atoms with Gasteiger partial charge in [-0.3, -0.25) is 0 Å². The molecule has 0 bridgehead atoms. The summed E-state index contributed by atoms with van der Waals surface area (Å²) >= 11 is 5.60. The van der Waals surface area contributed by atoms with Gasteiger partial charge in [-0.15, -0.1) is 11.6 Å². The number of fused-ring (bicyclic) bond motifs is 1. The van der Waals surface area contributed by atoms with Gasteiger partial charge >= 0.3 is 0 Å². The summed E-state index contributed by atoms with van der Waals surface area (Å²) in [6.45, 7) is 0.710. The number of rotatable bonds is 2. The highest BCUT2D eigenvalue weighted by atomic mass is 35.5. The standard InChI is InChI=1S/C10H11ClO2/c11-6-9(12)7-2-1-3-10-8(7)4-5-13-10/h1-3,9,12H,4-6H2/t9-/m1/s1. The van der Waals surface area contributed by atoms with Gasteiger partial charge in [-0.2, -0.15) is 0 Å². The number of hydrogen-bond donors (Lipinski definition) is 1. The lowest BCUT2D eigenvalue weighted by molar-refractivity contribution is 0.201. The summed E-state index contributed by atoms with van der Waals surface area (Å²) in [6.07, 6.45) is 0.303. The number of halogens is 1. The highest BCUT2D eigenvalue weighted by Crippen LogP contribution is 2.31. The van der Waals surface area contributed by atoms with E-state index in [4.69, 9.17) is 16.3 Å². The summed E-state index contributed by atoms with van der Waals surface area (Å²) in [6, 6.07) is 5.71. The number of hydrogen-bond acceptors (Lipinski definition) is 2. The molecule has 1 aromatic carbocycles. The highest BCUT2D eigenvalue weighted by Gasteiger charge is 2.19. The van der Waals surface area contributed by atoms with Crippen LogP contribution < -0.4 is 4.74 Å². The third kappa shape index (κ3) is 1.52. The van der Waals surface area contributed by atoms with Gasteiger partial charge in [0.25, 0.3) is 0 Å². The highest BCUT2D eigenvalue weighted by molar-refractivity contribution is 6.18. The zero-order valence-electron chi connectivity index (χ0n) is 7.16. The summed E-state index contributed by atoms with van der Waals surface area (Å²) in [4.78, 5) is 0. The van der Waals surface area contributed by atoms with Crippen molar-refractivity contribution >= 4 is 11.6 Å². The van der Waals surface area contributed by atoms with E-state index in [1.54, 1.807) is 0 Å². The lowest BCUT2D eigenvalue weighted by Crippen LogP contribution is -2.01. The summed E-state index contributed by atoms with van der Waals surface area (Å²) < 4.78 is 5.38. The molecular formula is C10H11ClO2. The van der Waals surface area contributed by atoms with E-state index in [1.807, 2.05) is 18.2 Å². The van der Waals surface area contributed by atoms with Crippen molar-refractivity contribution in [1.82, 2.24) is 0 Å². The van der Waals surface area contributed by atoms with Crippen LogP contribution in [-0.2, 0) is 6.42 Å². The van der Waals surface area contributed by atoms with Crippen molar-refractivity contribution in [1.29, 1.82) is 0 Å². The van der Waals surface area contributed by atoms with Gasteiger partial charge in [0.1, 0.15) is 5.75 Å². The number of aliphatic hydroxyl groups excluding tert-OH is 1. The summed E-state index contributed by atoms with van der Waals surface area (Å²) in [7, 11) is 0. The molecule has 2 nitrogen and oxygen atoms in total. The number of benzene rings is 1. The Hall–Kier alpha value is -0.730. The Morgan fingerprint density at radius 3 is 3.15 bits per heavy atom.